The lowest BCUT2D eigenvalue weighted by atomic mass is 10.3. The summed E-state index contributed by atoms with van der Waals surface area (Å²) in [6.07, 6.45) is 1.71. The molecular formula is C14H13N5S. The molecule has 0 radical (unpaired) electrons. The summed E-state index contributed by atoms with van der Waals surface area (Å²) >= 11 is 1.66. The molecule has 3 aromatic rings. The van der Waals surface area contributed by atoms with E-state index >= 15 is 0 Å². The minimum absolute atomic E-state index is 0.176. The Morgan fingerprint density at radius 2 is 2.15 bits per heavy atom. The van der Waals surface area contributed by atoms with Crippen molar-refractivity contribution in [3.05, 3.63) is 46.2 Å². The van der Waals surface area contributed by atoms with Gasteiger partial charge in [-0.2, -0.15) is 4.99 Å². The highest BCUT2D eigenvalue weighted by Gasteiger charge is 2.00. The van der Waals surface area contributed by atoms with Crippen molar-refractivity contribution in [2.45, 2.75) is 6.92 Å². The highest BCUT2D eigenvalue weighted by Crippen LogP contribution is 2.15. The van der Waals surface area contributed by atoms with Crippen molar-refractivity contribution < 1.29 is 0 Å². The molecule has 6 heteroatoms. The fraction of sp³-hybridized carbons (Fsp3) is 0.0714. The summed E-state index contributed by atoms with van der Waals surface area (Å²) < 4.78 is 0. The van der Waals surface area contributed by atoms with Crippen LogP contribution < -0.4 is 5.73 Å². The second kappa shape index (κ2) is 5.26. The summed E-state index contributed by atoms with van der Waals surface area (Å²) in [7, 11) is 0. The predicted molar refractivity (Wildman–Crippen MR) is 84.0 cm³/mol. The maximum absolute atomic E-state index is 5.78. The van der Waals surface area contributed by atoms with E-state index in [9.17, 15) is 0 Å². The van der Waals surface area contributed by atoms with Crippen molar-refractivity contribution in [2.75, 3.05) is 0 Å². The molecule has 5 nitrogen and oxygen atoms in total. The van der Waals surface area contributed by atoms with Gasteiger partial charge in [-0.1, -0.05) is 12.1 Å². The van der Waals surface area contributed by atoms with Gasteiger partial charge < -0.3 is 10.7 Å². The Morgan fingerprint density at radius 3 is 2.90 bits per heavy atom. The molecule has 2 heterocycles. The fourth-order valence-corrected chi connectivity index (χ4v) is 2.53. The monoisotopic (exact) mass is 283 g/mol. The molecule has 0 aliphatic carbocycles. The van der Waals surface area contributed by atoms with Crippen molar-refractivity contribution in [3.63, 3.8) is 0 Å². The zero-order chi connectivity index (χ0) is 13.9. The van der Waals surface area contributed by atoms with E-state index in [1.807, 2.05) is 43.3 Å². The number of hydrogen-bond donors (Lipinski definition) is 2. The minimum Gasteiger partial charge on any atom is -0.368 e. The number of nitrogens with one attached hydrogen (secondary N) is 1. The first-order valence-corrected chi connectivity index (χ1v) is 6.92. The van der Waals surface area contributed by atoms with Gasteiger partial charge in [-0.05, 0) is 31.2 Å². The zero-order valence-electron chi connectivity index (χ0n) is 10.9. The van der Waals surface area contributed by atoms with Crippen LogP contribution in [0.5, 0.6) is 0 Å². The number of para-hydroxylation sites is 2. The molecule has 2 aromatic heterocycles. The van der Waals surface area contributed by atoms with Gasteiger partial charge >= 0.3 is 0 Å². The summed E-state index contributed by atoms with van der Waals surface area (Å²) in [5.74, 6) is 0.637. The van der Waals surface area contributed by atoms with Crippen molar-refractivity contribution in [2.24, 2.45) is 15.7 Å². The molecule has 0 saturated heterocycles. The number of thiophene rings is 1. The number of guanidine groups is 1. The van der Waals surface area contributed by atoms with Crippen molar-refractivity contribution >= 4 is 40.5 Å². The Bertz CT molecular complexity index is 764. The van der Waals surface area contributed by atoms with Gasteiger partial charge in [0.05, 0.1) is 11.0 Å². The van der Waals surface area contributed by atoms with Crippen molar-refractivity contribution in [3.8, 4) is 0 Å². The average molecular weight is 283 g/mol. The van der Waals surface area contributed by atoms with E-state index in [1.165, 1.54) is 4.88 Å². The molecule has 20 heavy (non-hydrogen) atoms. The summed E-state index contributed by atoms with van der Waals surface area (Å²) in [6.45, 7) is 2.05. The number of aromatic nitrogens is 2. The van der Waals surface area contributed by atoms with E-state index in [-0.39, 0.29) is 5.96 Å². The second-order valence-corrected chi connectivity index (χ2v) is 5.57. The summed E-state index contributed by atoms with van der Waals surface area (Å²) in [6, 6.07) is 11.8. The molecule has 0 aliphatic heterocycles. The highest BCUT2D eigenvalue weighted by atomic mass is 32.1. The van der Waals surface area contributed by atoms with E-state index in [2.05, 4.69) is 20.0 Å². The zero-order valence-corrected chi connectivity index (χ0v) is 11.7. The lowest BCUT2D eigenvalue weighted by Crippen LogP contribution is -2.07. The molecule has 0 unspecified atom stereocenters. The lowest BCUT2D eigenvalue weighted by Gasteiger charge is -1.89. The first-order chi connectivity index (χ1) is 9.70. The van der Waals surface area contributed by atoms with Gasteiger partial charge in [0, 0.05) is 16.0 Å². The normalized spacial score (nSPS) is 12.6. The quantitative estimate of drug-likeness (QED) is 0.560. The molecule has 0 saturated carbocycles. The Morgan fingerprint density at radius 1 is 1.30 bits per heavy atom. The predicted octanol–water partition coefficient (Wildman–Crippen LogP) is 3.00. The maximum atomic E-state index is 5.78. The number of H-pyrrole nitrogens is 1. The third-order valence-corrected chi connectivity index (χ3v) is 3.62. The molecule has 3 N–H and O–H groups in total. The molecule has 3 rings (SSSR count). The third-order valence-electron chi connectivity index (χ3n) is 2.68. The molecule has 0 spiro atoms. The van der Waals surface area contributed by atoms with Gasteiger partial charge in [0.15, 0.2) is 0 Å². The number of aliphatic imine (C=N–C) groups is 2. The second-order valence-electron chi connectivity index (χ2n) is 4.25. The van der Waals surface area contributed by atoms with Crippen LogP contribution in [0, 0.1) is 6.92 Å². The molecule has 0 amide bonds. The molecule has 100 valence electrons. The lowest BCUT2D eigenvalue weighted by molar-refractivity contribution is 1.24. The van der Waals surface area contributed by atoms with Crippen LogP contribution in [0.2, 0.25) is 0 Å². The van der Waals surface area contributed by atoms with Gasteiger partial charge in [0.25, 0.3) is 0 Å². The van der Waals surface area contributed by atoms with E-state index in [4.69, 9.17) is 5.73 Å². The van der Waals surface area contributed by atoms with E-state index < -0.39 is 0 Å². The average Bonchev–Trinajstić information content (AvgIpc) is 3.01. The summed E-state index contributed by atoms with van der Waals surface area (Å²) in [5.41, 5.74) is 7.56. The SMILES string of the molecule is Cc1ccc(/C=N\C(N)=N/c2nc3ccccc3[nH]2)s1. The number of imidazole rings is 1. The summed E-state index contributed by atoms with van der Waals surface area (Å²) in [5, 5.41) is 0. The van der Waals surface area contributed by atoms with E-state index in [0.717, 1.165) is 15.9 Å². The topological polar surface area (TPSA) is 79.4 Å². The van der Waals surface area contributed by atoms with Crippen molar-refractivity contribution in [1.29, 1.82) is 0 Å². The number of fused-ring (bicyclic) bond motifs is 1. The highest BCUT2D eigenvalue weighted by molar-refractivity contribution is 7.13. The van der Waals surface area contributed by atoms with Gasteiger partial charge in [0.2, 0.25) is 11.9 Å². The standard InChI is InChI=1S/C14H13N5S/c1-9-6-7-10(20-9)8-16-13(15)19-14-17-11-4-2-3-5-12(11)18-14/h2-8H,1H3,(H3,15,17,18,19)/b16-8-. The molecule has 0 fully saturated rings. The number of aryl methyl sites for hydroxylation is 1. The Kier molecular flexibility index (Phi) is 3.30. The van der Waals surface area contributed by atoms with Gasteiger partial charge in [0.1, 0.15) is 0 Å². The van der Waals surface area contributed by atoms with Gasteiger partial charge in [-0.3, -0.25) is 0 Å². The van der Waals surface area contributed by atoms with E-state index in [0.29, 0.717) is 5.95 Å². The van der Waals surface area contributed by atoms with Crippen LogP contribution in [0.15, 0.2) is 46.4 Å². The Hall–Kier alpha value is -2.47. The Labute approximate surface area is 119 Å². The molecule has 0 bridgehead atoms. The maximum Gasteiger partial charge on any atom is 0.231 e. The van der Waals surface area contributed by atoms with Crippen LogP contribution in [-0.2, 0) is 0 Å². The van der Waals surface area contributed by atoms with Crippen LogP contribution in [0.4, 0.5) is 5.95 Å². The largest absolute Gasteiger partial charge is 0.368 e. The minimum atomic E-state index is 0.176. The van der Waals surface area contributed by atoms with Crippen LogP contribution in [0.1, 0.15) is 9.75 Å². The molecule has 0 atom stereocenters. The number of nitrogens with two attached hydrogens (primary N) is 1. The third kappa shape index (κ3) is 2.75. The number of aromatic amines is 1. The molecule has 0 aliphatic rings. The summed E-state index contributed by atoms with van der Waals surface area (Å²) in [4.78, 5) is 18.0. The fourth-order valence-electron chi connectivity index (χ4n) is 1.78. The molecular weight excluding hydrogens is 270 g/mol. The van der Waals surface area contributed by atoms with Crippen molar-refractivity contribution in [1.82, 2.24) is 9.97 Å². The first kappa shape index (κ1) is 12.6. The number of nitrogens with zero attached hydrogens (tertiary/aromatic N) is 3. The number of hydrogen-bond acceptors (Lipinski definition) is 3. The number of benzene rings is 1. The molecule has 1 aromatic carbocycles. The van der Waals surface area contributed by atoms with Crippen LogP contribution in [0.3, 0.4) is 0 Å². The number of rotatable bonds is 2. The van der Waals surface area contributed by atoms with Gasteiger partial charge in [-0.15, -0.1) is 11.3 Å². The Balaban J connectivity index is 1.82. The van der Waals surface area contributed by atoms with Crippen LogP contribution >= 0.6 is 11.3 Å². The van der Waals surface area contributed by atoms with Gasteiger partial charge in [-0.25, -0.2) is 9.98 Å². The van der Waals surface area contributed by atoms with E-state index in [1.54, 1.807) is 17.6 Å². The smallest absolute Gasteiger partial charge is 0.231 e. The van der Waals surface area contributed by atoms with Crippen LogP contribution in [-0.4, -0.2) is 22.1 Å². The van der Waals surface area contributed by atoms with Crippen LogP contribution in [0.25, 0.3) is 11.0 Å². The first-order valence-electron chi connectivity index (χ1n) is 6.10.